The number of aryl methyl sites for hydroxylation is 1. The summed E-state index contributed by atoms with van der Waals surface area (Å²) in [6, 6.07) is 6.34. The van der Waals surface area contributed by atoms with Crippen molar-refractivity contribution in [1.82, 2.24) is 0 Å². The first kappa shape index (κ1) is 10.0. The van der Waals surface area contributed by atoms with Crippen LogP contribution in [0.25, 0.3) is 6.08 Å². The van der Waals surface area contributed by atoms with E-state index in [0.717, 1.165) is 9.80 Å². The molecule has 2 heteroatoms. The fraction of sp³-hybridized carbons (Fsp3) is 0.200. The second-order valence-electron chi connectivity index (χ2n) is 2.58. The van der Waals surface area contributed by atoms with Crippen LogP contribution in [0.15, 0.2) is 28.7 Å². The van der Waals surface area contributed by atoms with Gasteiger partial charge in [0, 0.05) is 9.80 Å². The van der Waals surface area contributed by atoms with Gasteiger partial charge in [-0.25, -0.2) is 0 Å². The second kappa shape index (κ2) is 4.83. The summed E-state index contributed by atoms with van der Waals surface area (Å²) in [6.45, 7) is 2.09. The van der Waals surface area contributed by atoms with Crippen molar-refractivity contribution < 1.29 is 0 Å². The number of halogens is 2. The summed E-state index contributed by atoms with van der Waals surface area (Å²) in [5, 5.41) is 0.896. The van der Waals surface area contributed by atoms with Crippen molar-refractivity contribution in [3.63, 3.8) is 0 Å². The summed E-state index contributed by atoms with van der Waals surface area (Å²) in [5.74, 6) is 0. The van der Waals surface area contributed by atoms with Crippen LogP contribution in [0, 0.1) is 6.92 Å². The maximum atomic E-state index is 3.51. The largest absolute Gasteiger partial charge is 0.0883 e. The van der Waals surface area contributed by atoms with E-state index >= 15 is 0 Å². The van der Waals surface area contributed by atoms with Gasteiger partial charge in [0.1, 0.15) is 0 Å². The van der Waals surface area contributed by atoms with Crippen LogP contribution >= 0.6 is 31.9 Å². The molecule has 1 aromatic rings. The van der Waals surface area contributed by atoms with E-state index in [1.54, 1.807) is 0 Å². The molecule has 0 heterocycles. The number of rotatable bonds is 2. The summed E-state index contributed by atoms with van der Waals surface area (Å²) < 4.78 is 1.15. The van der Waals surface area contributed by atoms with Gasteiger partial charge in [-0.3, -0.25) is 0 Å². The van der Waals surface area contributed by atoms with E-state index < -0.39 is 0 Å². The molecule has 0 nitrogen and oxygen atoms in total. The lowest BCUT2D eigenvalue weighted by Crippen LogP contribution is -1.77. The normalized spacial score (nSPS) is 10.9. The SMILES string of the molecule is Cc1ccc(/C=C/CBr)c(Br)c1. The molecule has 0 N–H and O–H groups in total. The van der Waals surface area contributed by atoms with Crippen molar-refractivity contribution in [3.05, 3.63) is 39.9 Å². The molecule has 0 saturated heterocycles. The van der Waals surface area contributed by atoms with E-state index in [2.05, 4.69) is 69.1 Å². The van der Waals surface area contributed by atoms with E-state index in [-0.39, 0.29) is 0 Å². The second-order valence-corrected chi connectivity index (χ2v) is 4.08. The summed E-state index contributed by atoms with van der Waals surface area (Å²) in [7, 11) is 0. The molecular formula is C10H10Br2. The van der Waals surface area contributed by atoms with E-state index in [9.17, 15) is 0 Å². The van der Waals surface area contributed by atoms with Crippen LogP contribution in [0.2, 0.25) is 0 Å². The summed E-state index contributed by atoms with van der Waals surface area (Å²) in [6.07, 6.45) is 4.17. The molecule has 1 rings (SSSR count). The maximum absolute atomic E-state index is 3.51. The van der Waals surface area contributed by atoms with E-state index in [0.29, 0.717) is 0 Å². The molecule has 0 amide bonds. The topological polar surface area (TPSA) is 0 Å². The zero-order valence-electron chi connectivity index (χ0n) is 6.85. The Morgan fingerprint density at radius 1 is 1.42 bits per heavy atom. The molecule has 0 fully saturated rings. The molecule has 0 aromatic heterocycles. The highest BCUT2D eigenvalue weighted by molar-refractivity contribution is 9.10. The lowest BCUT2D eigenvalue weighted by Gasteiger charge is -1.98. The Morgan fingerprint density at radius 2 is 2.17 bits per heavy atom. The Labute approximate surface area is 89.9 Å². The quantitative estimate of drug-likeness (QED) is 0.717. The predicted octanol–water partition coefficient (Wildman–Crippen LogP) is 4.17. The number of benzene rings is 1. The van der Waals surface area contributed by atoms with Crippen molar-refractivity contribution in [2.24, 2.45) is 0 Å². The first-order valence-corrected chi connectivity index (χ1v) is 5.64. The summed E-state index contributed by atoms with van der Waals surface area (Å²) in [5.41, 5.74) is 2.50. The smallest absolute Gasteiger partial charge is 0.0250 e. The highest BCUT2D eigenvalue weighted by Gasteiger charge is 1.94. The lowest BCUT2D eigenvalue weighted by molar-refractivity contribution is 1.44. The predicted molar refractivity (Wildman–Crippen MR) is 61.7 cm³/mol. The molecular weight excluding hydrogens is 280 g/mol. The van der Waals surface area contributed by atoms with Gasteiger partial charge >= 0.3 is 0 Å². The molecule has 0 atom stereocenters. The molecule has 0 aliphatic rings. The Hall–Kier alpha value is -0.0800. The zero-order chi connectivity index (χ0) is 8.97. The van der Waals surface area contributed by atoms with Crippen LogP contribution in [0.1, 0.15) is 11.1 Å². The Kier molecular flexibility index (Phi) is 4.02. The van der Waals surface area contributed by atoms with Crippen LogP contribution in [0.4, 0.5) is 0 Å². The van der Waals surface area contributed by atoms with Crippen LogP contribution in [-0.4, -0.2) is 5.33 Å². The third kappa shape index (κ3) is 2.76. The molecule has 0 unspecified atom stereocenters. The minimum atomic E-state index is 0.896. The third-order valence-corrected chi connectivity index (χ3v) is 2.60. The average molecular weight is 290 g/mol. The standard InChI is InChI=1S/C10H10Br2/c1-8-4-5-9(3-2-6-11)10(12)7-8/h2-5,7H,6H2,1H3/b3-2+. The van der Waals surface area contributed by atoms with Gasteiger partial charge < -0.3 is 0 Å². The number of allylic oxidation sites excluding steroid dienone is 1. The van der Waals surface area contributed by atoms with Gasteiger partial charge in [-0.05, 0) is 24.1 Å². The highest BCUT2D eigenvalue weighted by atomic mass is 79.9. The minimum absolute atomic E-state index is 0.896. The van der Waals surface area contributed by atoms with Crippen molar-refractivity contribution in [2.75, 3.05) is 5.33 Å². The molecule has 0 radical (unpaired) electrons. The number of hydrogen-bond acceptors (Lipinski definition) is 0. The maximum Gasteiger partial charge on any atom is 0.0250 e. The van der Waals surface area contributed by atoms with Gasteiger partial charge in [0.2, 0.25) is 0 Å². The summed E-state index contributed by atoms with van der Waals surface area (Å²) >= 11 is 6.85. The number of hydrogen-bond donors (Lipinski definition) is 0. The molecule has 0 saturated carbocycles. The van der Waals surface area contributed by atoms with Gasteiger partial charge in [-0.2, -0.15) is 0 Å². The highest BCUT2D eigenvalue weighted by Crippen LogP contribution is 2.19. The van der Waals surface area contributed by atoms with Crippen LogP contribution in [-0.2, 0) is 0 Å². The van der Waals surface area contributed by atoms with Crippen LogP contribution < -0.4 is 0 Å². The molecule has 0 bridgehead atoms. The molecule has 1 aromatic carbocycles. The number of alkyl halides is 1. The fourth-order valence-corrected chi connectivity index (χ4v) is 1.75. The molecule has 64 valence electrons. The van der Waals surface area contributed by atoms with Crippen LogP contribution in [0.5, 0.6) is 0 Å². The van der Waals surface area contributed by atoms with Gasteiger partial charge in [-0.15, -0.1) is 0 Å². The molecule has 0 spiro atoms. The monoisotopic (exact) mass is 288 g/mol. The van der Waals surface area contributed by atoms with E-state index in [1.165, 1.54) is 11.1 Å². The van der Waals surface area contributed by atoms with Gasteiger partial charge in [0.05, 0.1) is 0 Å². The minimum Gasteiger partial charge on any atom is -0.0883 e. The Balaban J connectivity index is 2.94. The van der Waals surface area contributed by atoms with Crippen molar-refractivity contribution in [3.8, 4) is 0 Å². The first-order valence-electron chi connectivity index (χ1n) is 3.72. The molecule has 0 aliphatic heterocycles. The third-order valence-electron chi connectivity index (χ3n) is 1.54. The zero-order valence-corrected chi connectivity index (χ0v) is 10.0. The Morgan fingerprint density at radius 3 is 2.75 bits per heavy atom. The summed E-state index contributed by atoms with van der Waals surface area (Å²) in [4.78, 5) is 0. The first-order chi connectivity index (χ1) is 5.74. The van der Waals surface area contributed by atoms with E-state index in [1.807, 2.05) is 0 Å². The lowest BCUT2D eigenvalue weighted by atomic mass is 10.1. The van der Waals surface area contributed by atoms with Gasteiger partial charge in [0.15, 0.2) is 0 Å². The van der Waals surface area contributed by atoms with Crippen molar-refractivity contribution >= 4 is 37.9 Å². The van der Waals surface area contributed by atoms with Crippen molar-refractivity contribution in [2.45, 2.75) is 6.92 Å². The van der Waals surface area contributed by atoms with Gasteiger partial charge in [0.25, 0.3) is 0 Å². The van der Waals surface area contributed by atoms with E-state index in [4.69, 9.17) is 0 Å². The molecule has 12 heavy (non-hydrogen) atoms. The molecule has 0 aliphatic carbocycles. The average Bonchev–Trinajstić information content (AvgIpc) is 2.03. The van der Waals surface area contributed by atoms with Crippen molar-refractivity contribution in [1.29, 1.82) is 0 Å². The fourth-order valence-electron chi connectivity index (χ4n) is 0.939. The van der Waals surface area contributed by atoms with Crippen LogP contribution in [0.3, 0.4) is 0 Å². The Bertz CT molecular complexity index is 290. The van der Waals surface area contributed by atoms with Gasteiger partial charge in [-0.1, -0.05) is 56.1 Å².